The number of hydrogen-bond acceptors (Lipinski definition) is 6. The van der Waals surface area contributed by atoms with E-state index in [1.165, 1.54) is 6.20 Å². The predicted molar refractivity (Wildman–Crippen MR) is 102 cm³/mol. The van der Waals surface area contributed by atoms with E-state index in [0.29, 0.717) is 19.0 Å². The molecule has 0 radical (unpaired) electrons. The van der Waals surface area contributed by atoms with Crippen molar-refractivity contribution in [3.8, 4) is 5.75 Å². The van der Waals surface area contributed by atoms with E-state index in [9.17, 15) is 4.79 Å². The van der Waals surface area contributed by atoms with E-state index >= 15 is 0 Å². The van der Waals surface area contributed by atoms with Gasteiger partial charge in [0.05, 0.1) is 24.4 Å². The Labute approximate surface area is 163 Å². The van der Waals surface area contributed by atoms with Crippen molar-refractivity contribution in [3.63, 3.8) is 0 Å². The summed E-state index contributed by atoms with van der Waals surface area (Å²) in [6.07, 6.45) is 1.43. The lowest BCUT2D eigenvalue weighted by molar-refractivity contribution is 0.0322. The Kier molecular flexibility index (Phi) is 6.98. The second-order valence-corrected chi connectivity index (χ2v) is 6.65. The molecule has 0 unspecified atom stereocenters. The van der Waals surface area contributed by atoms with Crippen molar-refractivity contribution in [2.45, 2.75) is 13.5 Å². The number of nitrogens with zero attached hydrogens (tertiary/aromatic N) is 3. The van der Waals surface area contributed by atoms with Crippen LogP contribution in [0.5, 0.6) is 5.75 Å². The third-order valence-electron chi connectivity index (χ3n) is 4.21. The first kappa shape index (κ1) is 19.5. The minimum Gasteiger partial charge on any atom is -0.492 e. The number of benzene rings is 1. The molecule has 0 saturated carbocycles. The Morgan fingerprint density at radius 2 is 2.19 bits per heavy atom. The van der Waals surface area contributed by atoms with Crippen molar-refractivity contribution in [1.82, 2.24) is 20.2 Å². The average molecular weight is 391 g/mol. The molecule has 3 rings (SSSR count). The first-order chi connectivity index (χ1) is 13.1. The predicted octanol–water partition coefficient (Wildman–Crippen LogP) is 2.08. The second-order valence-electron chi connectivity index (χ2n) is 6.25. The van der Waals surface area contributed by atoms with Crippen molar-refractivity contribution in [3.05, 3.63) is 52.6 Å². The Balaban J connectivity index is 1.49. The molecule has 1 aliphatic heterocycles. The zero-order chi connectivity index (χ0) is 19.1. The van der Waals surface area contributed by atoms with Gasteiger partial charge in [-0.3, -0.25) is 9.69 Å². The highest BCUT2D eigenvalue weighted by atomic mass is 35.5. The Morgan fingerprint density at radius 1 is 1.37 bits per heavy atom. The van der Waals surface area contributed by atoms with Crippen LogP contribution < -0.4 is 10.1 Å². The number of rotatable bonds is 7. The van der Waals surface area contributed by atoms with Gasteiger partial charge < -0.3 is 14.8 Å². The molecule has 0 spiro atoms. The largest absolute Gasteiger partial charge is 0.492 e. The first-order valence-corrected chi connectivity index (χ1v) is 9.29. The maximum Gasteiger partial charge on any atom is 0.271 e. The summed E-state index contributed by atoms with van der Waals surface area (Å²) in [7, 11) is 0. The van der Waals surface area contributed by atoms with Crippen LogP contribution in [-0.4, -0.2) is 60.2 Å². The summed E-state index contributed by atoms with van der Waals surface area (Å²) in [5.74, 6) is 0.954. The molecule has 0 bridgehead atoms. The third-order valence-corrected chi connectivity index (χ3v) is 4.49. The van der Waals surface area contributed by atoms with Crippen LogP contribution in [0, 0.1) is 6.92 Å². The molecule has 7 nitrogen and oxygen atoms in total. The van der Waals surface area contributed by atoms with Crippen molar-refractivity contribution in [1.29, 1.82) is 0 Å². The van der Waals surface area contributed by atoms with Gasteiger partial charge in [-0.25, -0.2) is 9.97 Å². The van der Waals surface area contributed by atoms with Crippen LogP contribution in [0.4, 0.5) is 0 Å². The molecule has 1 aliphatic rings. The number of ether oxygens (including phenoxy) is 2. The molecule has 1 amide bonds. The Bertz CT molecular complexity index is 781. The molecular formula is C19H23ClN4O3. The van der Waals surface area contributed by atoms with Gasteiger partial charge in [-0.15, -0.1) is 0 Å². The number of nitrogens with one attached hydrogen (secondary N) is 1. The fourth-order valence-electron chi connectivity index (χ4n) is 2.74. The number of aromatic nitrogens is 2. The molecule has 1 saturated heterocycles. The molecule has 1 fully saturated rings. The van der Waals surface area contributed by atoms with Crippen LogP contribution in [0.2, 0.25) is 5.02 Å². The fourth-order valence-corrected chi connectivity index (χ4v) is 2.92. The number of hydrogen-bond donors (Lipinski definition) is 1. The number of amides is 1. The number of morpholine rings is 1. The summed E-state index contributed by atoms with van der Waals surface area (Å²) in [5.41, 5.74) is 1.12. The quantitative estimate of drug-likeness (QED) is 0.780. The summed E-state index contributed by atoms with van der Waals surface area (Å²) >= 11 is 6.00. The normalized spacial score (nSPS) is 14.7. The number of carbonyl (C=O) groups is 1. The lowest BCUT2D eigenvalue weighted by atomic mass is 10.2. The Morgan fingerprint density at radius 3 is 3.00 bits per heavy atom. The standard InChI is InChI=1S/C19H23ClN4O3/c1-14-21-13-17(20)18(23-14)19(25)22-12-15-3-2-4-16(11-15)27-10-7-24-5-8-26-9-6-24/h2-4,11,13H,5-10,12H2,1H3,(H,22,25). The minimum absolute atomic E-state index is 0.182. The van der Waals surface area contributed by atoms with Crippen molar-refractivity contribution in [2.75, 3.05) is 39.5 Å². The SMILES string of the molecule is Cc1ncc(Cl)c(C(=O)NCc2cccc(OCCN3CCOCC3)c2)n1. The van der Waals surface area contributed by atoms with Crippen LogP contribution in [0.3, 0.4) is 0 Å². The van der Waals surface area contributed by atoms with Crippen LogP contribution in [-0.2, 0) is 11.3 Å². The molecule has 0 atom stereocenters. The molecule has 0 aliphatic carbocycles. The van der Waals surface area contributed by atoms with E-state index in [-0.39, 0.29) is 16.6 Å². The van der Waals surface area contributed by atoms with Crippen LogP contribution in [0.15, 0.2) is 30.5 Å². The van der Waals surface area contributed by atoms with Gasteiger partial charge in [0.25, 0.3) is 5.91 Å². The first-order valence-electron chi connectivity index (χ1n) is 8.91. The van der Waals surface area contributed by atoms with Crippen LogP contribution >= 0.6 is 11.6 Å². The summed E-state index contributed by atoms with van der Waals surface area (Å²) in [6, 6.07) is 7.68. The van der Waals surface area contributed by atoms with Crippen molar-refractivity contribution >= 4 is 17.5 Å². The van der Waals surface area contributed by atoms with E-state index in [2.05, 4.69) is 20.2 Å². The summed E-state index contributed by atoms with van der Waals surface area (Å²) < 4.78 is 11.2. The molecule has 1 aromatic heterocycles. The van der Waals surface area contributed by atoms with Crippen LogP contribution in [0.25, 0.3) is 0 Å². The maximum absolute atomic E-state index is 12.3. The minimum atomic E-state index is -0.330. The van der Waals surface area contributed by atoms with Gasteiger partial charge in [0.15, 0.2) is 0 Å². The Hall–Kier alpha value is -2.22. The third kappa shape index (κ3) is 5.89. The summed E-state index contributed by atoms with van der Waals surface area (Å²) in [4.78, 5) is 22.7. The lowest BCUT2D eigenvalue weighted by Crippen LogP contribution is -2.38. The highest BCUT2D eigenvalue weighted by Gasteiger charge is 2.13. The second kappa shape index (κ2) is 9.64. The van der Waals surface area contributed by atoms with Gasteiger partial charge in [0, 0.05) is 26.2 Å². The molecule has 1 aromatic carbocycles. The van der Waals surface area contributed by atoms with E-state index in [4.69, 9.17) is 21.1 Å². The molecular weight excluding hydrogens is 368 g/mol. The monoisotopic (exact) mass is 390 g/mol. The zero-order valence-corrected chi connectivity index (χ0v) is 16.0. The zero-order valence-electron chi connectivity index (χ0n) is 15.3. The van der Waals surface area contributed by atoms with Gasteiger partial charge in [-0.1, -0.05) is 23.7 Å². The van der Waals surface area contributed by atoms with Gasteiger partial charge in [0.2, 0.25) is 0 Å². The van der Waals surface area contributed by atoms with E-state index in [0.717, 1.165) is 44.2 Å². The molecule has 2 heterocycles. The topological polar surface area (TPSA) is 76.6 Å². The molecule has 8 heteroatoms. The highest BCUT2D eigenvalue weighted by molar-refractivity contribution is 6.33. The summed E-state index contributed by atoms with van der Waals surface area (Å²) in [6.45, 7) is 7.02. The lowest BCUT2D eigenvalue weighted by Gasteiger charge is -2.26. The van der Waals surface area contributed by atoms with Gasteiger partial charge in [-0.05, 0) is 24.6 Å². The smallest absolute Gasteiger partial charge is 0.271 e. The highest BCUT2D eigenvalue weighted by Crippen LogP contribution is 2.15. The number of carbonyl (C=O) groups excluding carboxylic acids is 1. The number of halogens is 1. The average Bonchev–Trinajstić information content (AvgIpc) is 2.69. The molecule has 27 heavy (non-hydrogen) atoms. The van der Waals surface area contributed by atoms with Crippen LogP contribution in [0.1, 0.15) is 21.9 Å². The van der Waals surface area contributed by atoms with E-state index < -0.39 is 0 Å². The van der Waals surface area contributed by atoms with Gasteiger partial charge in [-0.2, -0.15) is 0 Å². The molecule has 1 N–H and O–H groups in total. The fraction of sp³-hybridized carbons (Fsp3) is 0.421. The van der Waals surface area contributed by atoms with E-state index in [1.54, 1.807) is 6.92 Å². The van der Waals surface area contributed by atoms with Gasteiger partial charge >= 0.3 is 0 Å². The maximum atomic E-state index is 12.3. The van der Waals surface area contributed by atoms with E-state index in [1.807, 2.05) is 24.3 Å². The molecule has 144 valence electrons. The van der Waals surface area contributed by atoms with Crippen molar-refractivity contribution < 1.29 is 14.3 Å². The van der Waals surface area contributed by atoms with Gasteiger partial charge in [0.1, 0.15) is 23.9 Å². The molecule has 2 aromatic rings. The summed E-state index contributed by atoms with van der Waals surface area (Å²) in [5, 5.41) is 3.06. The van der Waals surface area contributed by atoms with Crippen molar-refractivity contribution in [2.24, 2.45) is 0 Å². The number of aryl methyl sites for hydroxylation is 1.